The Morgan fingerprint density at radius 3 is 2.00 bits per heavy atom. The Labute approximate surface area is 101 Å². The van der Waals surface area contributed by atoms with Gasteiger partial charge in [0.05, 0.1) is 5.92 Å². The number of aliphatic carboxylic acids is 1. The molecule has 0 amide bonds. The van der Waals surface area contributed by atoms with Gasteiger partial charge in [0.2, 0.25) is 0 Å². The van der Waals surface area contributed by atoms with Crippen LogP contribution >= 0.6 is 0 Å². The van der Waals surface area contributed by atoms with E-state index in [0.29, 0.717) is 0 Å². The van der Waals surface area contributed by atoms with Gasteiger partial charge in [-0.1, -0.05) is 20.3 Å². The van der Waals surface area contributed by atoms with Crippen LogP contribution in [-0.4, -0.2) is 11.1 Å². The minimum atomic E-state index is -0.622. The Morgan fingerprint density at radius 1 is 1.33 bits per heavy atom. The molecule has 71 valence electrons. The van der Waals surface area contributed by atoms with Crippen LogP contribution in [0.5, 0.6) is 0 Å². The number of rotatable bonds is 1. The van der Waals surface area contributed by atoms with E-state index in [0.717, 1.165) is 25.7 Å². The van der Waals surface area contributed by atoms with Crippen molar-refractivity contribution in [2.75, 3.05) is 0 Å². The Bertz CT molecular complexity index is 109. The summed E-state index contributed by atoms with van der Waals surface area (Å²) in [5, 5.41) is 8.52. The van der Waals surface area contributed by atoms with E-state index in [1.807, 2.05) is 0 Å². The van der Waals surface area contributed by atoms with Crippen LogP contribution in [0.4, 0.5) is 0 Å². The second kappa shape index (κ2) is 9.66. The molecule has 1 aliphatic carbocycles. The fraction of sp³-hybridized carbons (Fsp3) is 0.667. The first-order chi connectivity index (χ1) is 4.30. The average Bonchev–Trinajstić information content (AvgIpc) is 1.90. The van der Waals surface area contributed by atoms with Crippen LogP contribution in [0.1, 0.15) is 33.1 Å². The normalized spacial score (nSPS) is 16.3. The molecule has 0 aliphatic heterocycles. The number of hydrogen-bond donors (Lipinski definition) is 1. The van der Waals surface area contributed by atoms with Gasteiger partial charge in [0.25, 0.3) is 0 Å². The number of hydrogen-bond acceptors (Lipinski definition) is 1. The SMILES string of the molecule is C.O=C(O)C1CC[CH-]CC1.[CH3-].[Y]. The van der Waals surface area contributed by atoms with E-state index in [1.165, 1.54) is 0 Å². The van der Waals surface area contributed by atoms with Gasteiger partial charge in [-0.05, 0) is 0 Å². The maximum Gasteiger partial charge on any atom is 0.306 e. The molecule has 1 N–H and O–H groups in total. The summed E-state index contributed by atoms with van der Waals surface area (Å²) in [6.45, 7) is 0. The Kier molecular flexibility index (Phi) is 14.8. The Morgan fingerprint density at radius 2 is 1.75 bits per heavy atom. The third-order valence-corrected chi connectivity index (χ3v) is 1.79. The molecule has 1 radical (unpaired) electrons. The van der Waals surface area contributed by atoms with Gasteiger partial charge in [-0.3, -0.25) is 4.79 Å². The van der Waals surface area contributed by atoms with Gasteiger partial charge in [-0.15, -0.1) is 0 Å². The summed E-state index contributed by atoms with van der Waals surface area (Å²) in [6.07, 6.45) is 5.82. The Balaban J connectivity index is -0.000000270. The van der Waals surface area contributed by atoms with Gasteiger partial charge >= 0.3 is 5.97 Å². The summed E-state index contributed by atoms with van der Waals surface area (Å²) in [7, 11) is 0. The third-order valence-electron chi connectivity index (χ3n) is 1.79. The van der Waals surface area contributed by atoms with Crippen LogP contribution in [0.15, 0.2) is 0 Å². The molecule has 2 nitrogen and oxygen atoms in total. The minimum Gasteiger partial charge on any atom is -0.481 e. The van der Waals surface area contributed by atoms with Gasteiger partial charge < -0.3 is 19.0 Å². The molecule has 3 heteroatoms. The van der Waals surface area contributed by atoms with E-state index in [4.69, 9.17) is 5.11 Å². The largest absolute Gasteiger partial charge is 0.481 e. The van der Waals surface area contributed by atoms with E-state index in [-0.39, 0.29) is 53.5 Å². The number of carbonyl (C=O) groups is 1. The maximum absolute atomic E-state index is 10.3. The predicted octanol–water partition coefficient (Wildman–Crippen LogP) is 2.55. The molecular weight excluding hydrogens is 229 g/mol. The monoisotopic (exact) mass is 247 g/mol. The summed E-state index contributed by atoms with van der Waals surface area (Å²) in [5.41, 5.74) is 0. The van der Waals surface area contributed by atoms with Gasteiger partial charge in [0.1, 0.15) is 0 Å². The van der Waals surface area contributed by atoms with Crippen LogP contribution in [0.2, 0.25) is 0 Å². The van der Waals surface area contributed by atoms with Crippen molar-refractivity contribution in [2.45, 2.75) is 33.1 Å². The summed E-state index contributed by atoms with van der Waals surface area (Å²) < 4.78 is 0. The van der Waals surface area contributed by atoms with Crippen molar-refractivity contribution in [3.8, 4) is 0 Å². The zero-order valence-electron chi connectivity index (χ0n) is 6.92. The Hall–Kier alpha value is 0.574. The standard InChI is InChI=1S/C7H11O2.CH4.CH3.Y/c8-7(9)6-4-2-1-3-5-6;;;/h1,6H,2-5H2,(H,8,9);1H4;1H3;/q-1;;-1;. The van der Waals surface area contributed by atoms with Crippen LogP contribution in [0.25, 0.3) is 0 Å². The first kappa shape index (κ1) is 18.4. The molecule has 0 spiro atoms. The van der Waals surface area contributed by atoms with E-state index < -0.39 is 5.97 Å². The summed E-state index contributed by atoms with van der Waals surface area (Å²) >= 11 is 0. The number of carboxylic acid groups (broad SMARTS) is 1. The first-order valence-electron chi connectivity index (χ1n) is 3.35. The second-order valence-corrected chi connectivity index (χ2v) is 2.48. The smallest absolute Gasteiger partial charge is 0.306 e. The average molecular weight is 247 g/mol. The van der Waals surface area contributed by atoms with Crippen molar-refractivity contribution < 1.29 is 42.6 Å². The van der Waals surface area contributed by atoms with E-state index in [9.17, 15) is 4.79 Å². The molecule has 0 heterocycles. The topological polar surface area (TPSA) is 37.3 Å². The quantitative estimate of drug-likeness (QED) is 0.723. The van der Waals surface area contributed by atoms with Crippen molar-refractivity contribution >= 4 is 5.97 Å². The van der Waals surface area contributed by atoms with E-state index >= 15 is 0 Å². The minimum absolute atomic E-state index is 0. The van der Waals surface area contributed by atoms with Crippen molar-refractivity contribution in [3.05, 3.63) is 13.8 Å². The van der Waals surface area contributed by atoms with Crippen LogP contribution in [-0.2, 0) is 37.5 Å². The zero-order valence-corrected chi connectivity index (χ0v) is 9.75. The van der Waals surface area contributed by atoms with E-state index in [2.05, 4.69) is 6.42 Å². The molecule has 0 aromatic heterocycles. The molecule has 0 unspecified atom stereocenters. The van der Waals surface area contributed by atoms with Gasteiger partial charge in [-0.2, -0.15) is 12.8 Å². The fourth-order valence-corrected chi connectivity index (χ4v) is 1.17. The van der Waals surface area contributed by atoms with Gasteiger partial charge in [0.15, 0.2) is 0 Å². The van der Waals surface area contributed by atoms with Gasteiger partial charge in [0, 0.05) is 32.7 Å². The van der Waals surface area contributed by atoms with Crippen LogP contribution in [0, 0.1) is 19.8 Å². The van der Waals surface area contributed by atoms with Crippen molar-refractivity contribution in [1.82, 2.24) is 0 Å². The molecule has 0 bridgehead atoms. The van der Waals surface area contributed by atoms with Crippen LogP contribution < -0.4 is 0 Å². The van der Waals surface area contributed by atoms with Gasteiger partial charge in [-0.25, -0.2) is 0 Å². The second-order valence-electron chi connectivity index (χ2n) is 2.48. The molecule has 0 atom stereocenters. The third kappa shape index (κ3) is 6.13. The molecule has 0 aromatic rings. The van der Waals surface area contributed by atoms with E-state index in [1.54, 1.807) is 0 Å². The molecular formula is C9H18O2Y-2. The molecule has 0 saturated heterocycles. The molecule has 1 rings (SSSR count). The molecule has 12 heavy (non-hydrogen) atoms. The first-order valence-corrected chi connectivity index (χ1v) is 3.35. The van der Waals surface area contributed by atoms with Crippen LogP contribution in [0.3, 0.4) is 0 Å². The number of carboxylic acids is 1. The molecule has 1 saturated carbocycles. The molecule has 1 aliphatic rings. The molecule has 1 fully saturated rings. The molecule has 0 aromatic carbocycles. The predicted molar refractivity (Wildman–Crippen MR) is 47.0 cm³/mol. The maximum atomic E-state index is 10.3. The summed E-state index contributed by atoms with van der Waals surface area (Å²) in [6, 6.07) is 0. The van der Waals surface area contributed by atoms with Crippen molar-refractivity contribution in [2.24, 2.45) is 5.92 Å². The van der Waals surface area contributed by atoms with Crippen molar-refractivity contribution in [1.29, 1.82) is 0 Å². The fourth-order valence-electron chi connectivity index (χ4n) is 1.17. The summed E-state index contributed by atoms with van der Waals surface area (Å²) in [4.78, 5) is 10.3. The summed E-state index contributed by atoms with van der Waals surface area (Å²) in [5.74, 6) is -0.682. The van der Waals surface area contributed by atoms with Crippen molar-refractivity contribution in [3.63, 3.8) is 0 Å². The zero-order chi connectivity index (χ0) is 6.69.